The molecule has 2 aromatic carbocycles. The van der Waals surface area contributed by atoms with Crippen LogP contribution in [0, 0.1) is 0 Å². The van der Waals surface area contributed by atoms with Gasteiger partial charge in [0.1, 0.15) is 11.9 Å². The van der Waals surface area contributed by atoms with Crippen LogP contribution in [0.5, 0.6) is 5.75 Å². The van der Waals surface area contributed by atoms with Gasteiger partial charge in [-0.25, -0.2) is 4.79 Å². The number of rotatable bonds is 10. The highest BCUT2D eigenvalue weighted by Crippen LogP contribution is 2.48. The average molecular weight is 657 g/mol. The van der Waals surface area contributed by atoms with E-state index >= 15 is 0 Å². The molecular formula is C32H36N2O9S2. The summed E-state index contributed by atoms with van der Waals surface area (Å²) in [5, 5.41) is 10.2. The lowest BCUT2D eigenvalue weighted by molar-refractivity contribution is 0.0696. The van der Waals surface area contributed by atoms with Crippen LogP contribution in [0.25, 0.3) is 5.57 Å². The van der Waals surface area contributed by atoms with Crippen molar-refractivity contribution < 1.29 is 40.6 Å². The third-order valence-corrected chi connectivity index (χ3v) is 10.4. The lowest BCUT2D eigenvalue weighted by Gasteiger charge is -2.40. The van der Waals surface area contributed by atoms with Gasteiger partial charge in [0.2, 0.25) is 0 Å². The Hall–Kier alpha value is -3.65. The third-order valence-electron chi connectivity index (χ3n) is 8.78. The summed E-state index contributed by atoms with van der Waals surface area (Å²) in [6.07, 6.45) is 7.46. The topological polar surface area (TPSA) is 162 Å². The molecule has 11 nitrogen and oxygen atoms in total. The van der Waals surface area contributed by atoms with Crippen molar-refractivity contribution in [3.63, 3.8) is 0 Å². The molecule has 3 N–H and O–H groups in total. The standard InChI is InChI=1S/C32H36N2O9S2/c35-32(36)24-10-2-1-9-23(24)31-25-17-21-7-3-11-33(13-5-15-44(37,38)39)27(21)19-29(25)43-30-20-28-22(18-26(30)31)8-4-12-34(28)14-6-16-45(40,41)42/h1-2,9-10,17-20,29H,3-8,11-16H2,(H,35,36)(H,37,38,39)(H,40,41,42). The maximum absolute atomic E-state index is 12.4. The Morgan fingerprint density at radius 1 is 0.889 bits per heavy atom. The Morgan fingerprint density at radius 3 is 2.27 bits per heavy atom. The van der Waals surface area contributed by atoms with Crippen molar-refractivity contribution >= 4 is 37.5 Å². The molecule has 1 saturated heterocycles. The number of fused-ring (bicyclic) bond motifs is 4. The summed E-state index contributed by atoms with van der Waals surface area (Å²) < 4.78 is 70.5. The molecule has 1 atom stereocenters. The number of anilines is 1. The van der Waals surface area contributed by atoms with Crippen LogP contribution in [0.3, 0.4) is 0 Å². The van der Waals surface area contributed by atoms with Crippen LogP contribution in [0.2, 0.25) is 0 Å². The van der Waals surface area contributed by atoms with Crippen molar-refractivity contribution in [3.8, 4) is 5.75 Å². The fourth-order valence-electron chi connectivity index (χ4n) is 6.89. The first-order valence-corrected chi connectivity index (χ1v) is 18.3. The first-order valence-electron chi connectivity index (χ1n) is 15.1. The lowest BCUT2D eigenvalue weighted by atomic mass is 9.80. The van der Waals surface area contributed by atoms with E-state index in [1.807, 2.05) is 24.3 Å². The van der Waals surface area contributed by atoms with E-state index in [0.717, 1.165) is 78.0 Å². The molecule has 240 valence electrons. The summed E-state index contributed by atoms with van der Waals surface area (Å²) in [5.41, 5.74) is 7.21. The van der Waals surface area contributed by atoms with E-state index in [2.05, 4.69) is 21.9 Å². The number of nitrogens with zero attached hydrogens (tertiary/aromatic N) is 2. The van der Waals surface area contributed by atoms with Crippen molar-refractivity contribution in [1.29, 1.82) is 0 Å². The van der Waals surface area contributed by atoms with Crippen molar-refractivity contribution in [1.82, 2.24) is 4.90 Å². The quantitative estimate of drug-likeness (QED) is 0.315. The average Bonchev–Trinajstić information content (AvgIpc) is 2.97. The number of carboxylic acid groups (broad SMARTS) is 1. The number of aryl methyl sites for hydroxylation is 1. The van der Waals surface area contributed by atoms with E-state index in [0.29, 0.717) is 24.4 Å². The zero-order valence-corrected chi connectivity index (χ0v) is 26.3. The highest BCUT2D eigenvalue weighted by molar-refractivity contribution is 7.86. The number of ether oxygens (including phenoxy) is 1. The molecule has 0 bridgehead atoms. The molecular weight excluding hydrogens is 620 g/mol. The number of carbonyl (C=O) groups is 1. The van der Waals surface area contributed by atoms with E-state index < -0.39 is 32.3 Å². The predicted octanol–water partition coefficient (Wildman–Crippen LogP) is 4.18. The van der Waals surface area contributed by atoms with Gasteiger partial charge in [-0.3, -0.25) is 9.11 Å². The third kappa shape index (κ3) is 6.81. The first-order chi connectivity index (χ1) is 21.4. The molecule has 0 amide bonds. The molecule has 1 fully saturated rings. The molecule has 3 heterocycles. The molecule has 0 radical (unpaired) electrons. The zero-order chi connectivity index (χ0) is 31.9. The van der Waals surface area contributed by atoms with Crippen molar-refractivity contribution in [2.45, 2.75) is 44.6 Å². The fraction of sp³-hybridized carbons (Fsp3) is 0.406. The van der Waals surface area contributed by atoms with E-state index in [-0.39, 0.29) is 29.9 Å². The number of hydrogen-bond acceptors (Lipinski definition) is 8. The summed E-state index contributed by atoms with van der Waals surface area (Å²) in [6.45, 7) is 2.36. The lowest BCUT2D eigenvalue weighted by Crippen LogP contribution is -2.36. The largest absolute Gasteiger partial charge is 0.481 e. The fourth-order valence-corrected chi connectivity index (χ4v) is 7.88. The molecule has 45 heavy (non-hydrogen) atoms. The second-order valence-corrected chi connectivity index (χ2v) is 15.0. The van der Waals surface area contributed by atoms with E-state index in [4.69, 9.17) is 4.74 Å². The molecule has 0 spiro atoms. The summed E-state index contributed by atoms with van der Waals surface area (Å²) >= 11 is 0. The van der Waals surface area contributed by atoms with Gasteiger partial charge in [0.15, 0.2) is 0 Å². The molecule has 1 aliphatic carbocycles. The number of benzene rings is 2. The smallest absolute Gasteiger partial charge is 0.336 e. The highest BCUT2D eigenvalue weighted by Gasteiger charge is 2.36. The SMILES string of the molecule is O=C(O)c1ccccc1C1=C2C=C3CCCN(CCCS(=O)(=O)O)C3=CC2Oc2cc3c(cc21)CCCN3CCCS(=O)(=O)O. The van der Waals surface area contributed by atoms with Gasteiger partial charge in [-0.15, -0.1) is 0 Å². The Balaban J connectivity index is 1.44. The van der Waals surface area contributed by atoms with Gasteiger partial charge < -0.3 is 19.6 Å². The Bertz CT molecular complexity index is 1850. The maximum Gasteiger partial charge on any atom is 0.336 e. The van der Waals surface area contributed by atoms with Gasteiger partial charge in [0.05, 0.1) is 17.1 Å². The van der Waals surface area contributed by atoms with E-state index in [1.54, 1.807) is 12.1 Å². The van der Waals surface area contributed by atoms with Crippen molar-refractivity contribution in [2.75, 3.05) is 42.6 Å². The molecule has 13 heteroatoms. The molecule has 0 saturated carbocycles. The maximum atomic E-state index is 12.4. The number of aromatic carboxylic acids is 1. The van der Waals surface area contributed by atoms with Crippen LogP contribution in [0.1, 0.15) is 59.2 Å². The van der Waals surface area contributed by atoms with Crippen LogP contribution in [-0.2, 0) is 26.7 Å². The van der Waals surface area contributed by atoms with Gasteiger partial charge in [0, 0.05) is 60.3 Å². The number of hydrogen-bond donors (Lipinski definition) is 3. The highest BCUT2D eigenvalue weighted by atomic mass is 32.2. The minimum absolute atomic E-state index is 0.180. The summed E-state index contributed by atoms with van der Waals surface area (Å²) in [4.78, 5) is 16.6. The number of piperidine rings is 1. The molecule has 3 aliphatic heterocycles. The second-order valence-electron chi connectivity index (χ2n) is 11.9. The number of likely N-dealkylation sites (tertiary alicyclic amines) is 1. The Labute approximate surface area is 263 Å². The minimum Gasteiger partial charge on any atom is -0.481 e. The summed E-state index contributed by atoms with van der Waals surface area (Å²) in [6, 6.07) is 11.0. The monoisotopic (exact) mass is 656 g/mol. The Kier molecular flexibility index (Phi) is 8.55. The number of carboxylic acids is 1. The van der Waals surface area contributed by atoms with Crippen LogP contribution in [-0.4, -0.2) is 85.7 Å². The summed E-state index contributed by atoms with van der Waals surface area (Å²) in [5.74, 6) is -1.10. The normalized spacial score (nSPS) is 19.5. The molecule has 1 unspecified atom stereocenters. The Morgan fingerprint density at radius 2 is 1.56 bits per heavy atom. The minimum atomic E-state index is -4.07. The zero-order valence-electron chi connectivity index (χ0n) is 24.7. The number of allylic oxidation sites excluding steroid dienone is 1. The van der Waals surface area contributed by atoms with Gasteiger partial charge in [-0.2, -0.15) is 16.8 Å². The van der Waals surface area contributed by atoms with Gasteiger partial charge in [-0.1, -0.05) is 18.2 Å². The second kappa shape index (κ2) is 12.3. The first kappa shape index (κ1) is 31.3. The van der Waals surface area contributed by atoms with Crippen LogP contribution >= 0.6 is 0 Å². The van der Waals surface area contributed by atoms with E-state index in [9.17, 15) is 35.8 Å². The van der Waals surface area contributed by atoms with Crippen molar-refractivity contribution in [2.24, 2.45) is 0 Å². The van der Waals surface area contributed by atoms with Gasteiger partial charge in [-0.05, 0) is 79.5 Å². The summed E-state index contributed by atoms with van der Waals surface area (Å²) in [7, 11) is -8.14. The van der Waals surface area contributed by atoms with Crippen molar-refractivity contribution in [3.05, 3.63) is 87.6 Å². The van der Waals surface area contributed by atoms with Crippen LogP contribution in [0.4, 0.5) is 5.69 Å². The molecule has 0 aromatic heterocycles. The van der Waals surface area contributed by atoms with Crippen LogP contribution in [0.15, 0.2) is 65.4 Å². The van der Waals surface area contributed by atoms with Gasteiger partial charge >= 0.3 is 5.97 Å². The molecule has 6 rings (SSSR count). The predicted molar refractivity (Wildman–Crippen MR) is 170 cm³/mol. The van der Waals surface area contributed by atoms with Gasteiger partial charge in [0.25, 0.3) is 20.2 Å². The van der Waals surface area contributed by atoms with Crippen LogP contribution < -0.4 is 9.64 Å². The molecule has 2 aromatic rings. The molecule has 4 aliphatic rings. The van der Waals surface area contributed by atoms with E-state index in [1.165, 1.54) is 0 Å².